The molecule has 0 bridgehead atoms. The number of aromatic hydroxyl groups is 1. The Balaban J connectivity index is 1.76. The first kappa shape index (κ1) is 22.8. The Labute approximate surface area is 196 Å². The molecule has 10 heteroatoms. The van der Waals surface area contributed by atoms with Crippen LogP contribution in [0.5, 0.6) is 5.75 Å². The Kier molecular flexibility index (Phi) is 6.22. The third-order valence-electron chi connectivity index (χ3n) is 5.46. The highest BCUT2D eigenvalue weighted by molar-refractivity contribution is 6.05. The maximum atomic E-state index is 13.5. The number of carbonyl (C=O) groups is 2. The summed E-state index contributed by atoms with van der Waals surface area (Å²) in [5, 5.41) is 17.5. The second-order valence-electron chi connectivity index (χ2n) is 7.94. The predicted octanol–water partition coefficient (Wildman–Crippen LogP) is 3.15. The molecule has 0 unspecified atom stereocenters. The largest absolute Gasteiger partial charge is 0.508 e. The van der Waals surface area contributed by atoms with Crippen molar-refractivity contribution in [3.63, 3.8) is 0 Å². The predicted molar refractivity (Wildman–Crippen MR) is 127 cm³/mol. The minimum absolute atomic E-state index is 0.0116. The van der Waals surface area contributed by atoms with Gasteiger partial charge in [0.1, 0.15) is 17.3 Å². The fraction of sp³-hybridized carbons (Fsp3) is 0.250. The molecule has 0 aliphatic heterocycles. The maximum absolute atomic E-state index is 13.5. The molecule has 34 heavy (non-hydrogen) atoms. The molecule has 0 saturated carbocycles. The first-order chi connectivity index (χ1) is 16.3. The van der Waals surface area contributed by atoms with Crippen molar-refractivity contribution < 1.29 is 14.7 Å². The number of aryl methyl sites for hydroxylation is 1. The van der Waals surface area contributed by atoms with Gasteiger partial charge in [0.2, 0.25) is 5.91 Å². The Hall–Kier alpha value is -4.34. The minimum atomic E-state index is -0.320. The lowest BCUT2D eigenvalue weighted by Crippen LogP contribution is -2.27. The number of aromatic nitrogens is 5. The smallest absolute Gasteiger partial charge is 0.273 e. The Morgan fingerprint density at radius 3 is 2.68 bits per heavy atom. The summed E-state index contributed by atoms with van der Waals surface area (Å²) in [5.74, 6) is 0.0991. The van der Waals surface area contributed by atoms with Crippen molar-refractivity contribution >= 4 is 28.5 Å². The van der Waals surface area contributed by atoms with E-state index in [2.05, 4.69) is 25.4 Å². The number of hydrogen-bond acceptors (Lipinski definition) is 7. The van der Waals surface area contributed by atoms with E-state index >= 15 is 0 Å². The topological polar surface area (TPSA) is 126 Å². The standard InChI is InChI=1S/C24H25N7O3/c1-5-31-14(2)17(12-26-31)13-30(4)24(34)22-19-11-18(33)6-7-20(19)28-23(29-22)16-8-9-25-21(10-16)27-15(3)32/h6-12,33H,5,13H2,1-4H3,(H,25,27,32). The molecule has 1 aromatic carbocycles. The van der Waals surface area contributed by atoms with E-state index in [1.807, 2.05) is 18.5 Å². The zero-order valence-electron chi connectivity index (χ0n) is 19.4. The molecule has 0 spiro atoms. The summed E-state index contributed by atoms with van der Waals surface area (Å²) in [5.41, 5.74) is 3.19. The van der Waals surface area contributed by atoms with Gasteiger partial charge in [-0.15, -0.1) is 0 Å². The van der Waals surface area contributed by atoms with Crippen LogP contribution in [0.25, 0.3) is 22.3 Å². The molecule has 0 fully saturated rings. The number of amides is 2. The van der Waals surface area contributed by atoms with Crippen molar-refractivity contribution in [1.82, 2.24) is 29.6 Å². The van der Waals surface area contributed by atoms with E-state index in [0.29, 0.717) is 34.7 Å². The van der Waals surface area contributed by atoms with Gasteiger partial charge in [-0.05, 0) is 44.2 Å². The van der Waals surface area contributed by atoms with Crippen molar-refractivity contribution in [2.24, 2.45) is 0 Å². The fourth-order valence-corrected chi connectivity index (χ4v) is 3.69. The SMILES string of the molecule is CCn1ncc(CN(C)C(=O)c2nc(-c3ccnc(NC(C)=O)c3)nc3ccc(O)cc23)c1C. The number of nitrogens with one attached hydrogen (secondary N) is 1. The summed E-state index contributed by atoms with van der Waals surface area (Å²) in [4.78, 5) is 39.8. The number of rotatable bonds is 6. The monoisotopic (exact) mass is 459 g/mol. The summed E-state index contributed by atoms with van der Waals surface area (Å²) in [6.45, 7) is 6.47. The van der Waals surface area contributed by atoms with Crippen LogP contribution in [-0.4, -0.2) is 53.6 Å². The van der Waals surface area contributed by atoms with E-state index in [4.69, 9.17) is 0 Å². The maximum Gasteiger partial charge on any atom is 0.273 e. The Morgan fingerprint density at radius 2 is 1.97 bits per heavy atom. The van der Waals surface area contributed by atoms with Crippen LogP contribution >= 0.6 is 0 Å². The van der Waals surface area contributed by atoms with Crippen LogP contribution in [0.15, 0.2) is 42.7 Å². The van der Waals surface area contributed by atoms with E-state index in [-0.39, 0.29) is 23.3 Å². The van der Waals surface area contributed by atoms with Crippen molar-refractivity contribution in [2.45, 2.75) is 33.9 Å². The first-order valence-electron chi connectivity index (χ1n) is 10.8. The van der Waals surface area contributed by atoms with Crippen LogP contribution in [0.4, 0.5) is 5.82 Å². The molecular weight excluding hydrogens is 434 g/mol. The van der Waals surface area contributed by atoms with Crippen LogP contribution in [0.1, 0.15) is 35.6 Å². The van der Waals surface area contributed by atoms with Gasteiger partial charge in [0.25, 0.3) is 5.91 Å². The summed E-state index contributed by atoms with van der Waals surface area (Å²) >= 11 is 0. The molecule has 10 nitrogen and oxygen atoms in total. The number of fused-ring (bicyclic) bond motifs is 1. The Bertz CT molecular complexity index is 1400. The molecule has 0 atom stereocenters. The molecule has 2 N–H and O–H groups in total. The molecule has 4 aromatic rings. The summed E-state index contributed by atoms with van der Waals surface area (Å²) < 4.78 is 1.87. The second kappa shape index (κ2) is 9.26. The number of carbonyl (C=O) groups excluding carboxylic acids is 2. The van der Waals surface area contributed by atoms with Gasteiger partial charge in [-0.3, -0.25) is 14.3 Å². The summed E-state index contributed by atoms with van der Waals surface area (Å²) in [6, 6.07) is 7.97. The van der Waals surface area contributed by atoms with E-state index < -0.39 is 0 Å². The van der Waals surface area contributed by atoms with Crippen LogP contribution < -0.4 is 5.32 Å². The van der Waals surface area contributed by atoms with Crippen LogP contribution in [-0.2, 0) is 17.9 Å². The molecule has 0 aliphatic rings. The van der Waals surface area contributed by atoms with Gasteiger partial charge in [0.15, 0.2) is 5.82 Å². The van der Waals surface area contributed by atoms with E-state index in [9.17, 15) is 14.7 Å². The molecular formula is C24H25N7O3. The highest BCUT2D eigenvalue weighted by Gasteiger charge is 2.21. The number of hydrogen-bond donors (Lipinski definition) is 2. The molecule has 4 rings (SSSR count). The van der Waals surface area contributed by atoms with Gasteiger partial charge in [0, 0.05) is 55.5 Å². The zero-order chi connectivity index (χ0) is 24.4. The number of anilines is 1. The molecule has 0 aliphatic carbocycles. The van der Waals surface area contributed by atoms with Gasteiger partial charge in [-0.1, -0.05) is 0 Å². The lowest BCUT2D eigenvalue weighted by Gasteiger charge is -2.18. The summed E-state index contributed by atoms with van der Waals surface area (Å²) in [6.07, 6.45) is 3.30. The number of pyridine rings is 1. The van der Waals surface area contributed by atoms with E-state index in [0.717, 1.165) is 17.8 Å². The van der Waals surface area contributed by atoms with Gasteiger partial charge in [-0.25, -0.2) is 15.0 Å². The quantitative estimate of drug-likeness (QED) is 0.453. The lowest BCUT2D eigenvalue weighted by atomic mass is 10.1. The van der Waals surface area contributed by atoms with Gasteiger partial charge >= 0.3 is 0 Å². The normalized spacial score (nSPS) is 10.9. The van der Waals surface area contributed by atoms with Crippen molar-refractivity contribution in [1.29, 1.82) is 0 Å². The lowest BCUT2D eigenvalue weighted by molar-refractivity contribution is -0.114. The summed E-state index contributed by atoms with van der Waals surface area (Å²) in [7, 11) is 1.70. The van der Waals surface area contributed by atoms with Crippen molar-refractivity contribution in [3.05, 3.63) is 59.7 Å². The molecule has 174 valence electrons. The number of benzene rings is 1. The molecule has 3 aromatic heterocycles. The molecule has 3 heterocycles. The fourth-order valence-electron chi connectivity index (χ4n) is 3.69. The molecule has 0 saturated heterocycles. The number of nitrogens with zero attached hydrogens (tertiary/aromatic N) is 6. The number of phenolic OH excluding ortho intramolecular Hbond substituents is 1. The average Bonchev–Trinajstić information content (AvgIpc) is 3.16. The Morgan fingerprint density at radius 1 is 1.18 bits per heavy atom. The highest BCUT2D eigenvalue weighted by atomic mass is 16.3. The average molecular weight is 460 g/mol. The zero-order valence-corrected chi connectivity index (χ0v) is 19.4. The minimum Gasteiger partial charge on any atom is -0.508 e. The van der Waals surface area contributed by atoms with Crippen molar-refractivity contribution in [3.8, 4) is 17.1 Å². The second-order valence-corrected chi connectivity index (χ2v) is 7.94. The van der Waals surface area contributed by atoms with E-state index in [1.165, 1.54) is 25.3 Å². The van der Waals surface area contributed by atoms with E-state index in [1.54, 1.807) is 36.3 Å². The highest BCUT2D eigenvalue weighted by Crippen LogP contribution is 2.27. The third kappa shape index (κ3) is 4.56. The molecule has 0 radical (unpaired) electrons. The van der Waals surface area contributed by atoms with Crippen LogP contribution in [0.2, 0.25) is 0 Å². The van der Waals surface area contributed by atoms with Crippen molar-refractivity contribution in [2.75, 3.05) is 12.4 Å². The van der Waals surface area contributed by atoms with Crippen LogP contribution in [0.3, 0.4) is 0 Å². The van der Waals surface area contributed by atoms with Gasteiger partial charge in [-0.2, -0.15) is 5.10 Å². The number of phenols is 1. The molecule has 2 amide bonds. The third-order valence-corrected chi connectivity index (χ3v) is 5.46. The van der Waals surface area contributed by atoms with Gasteiger partial charge < -0.3 is 15.3 Å². The first-order valence-corrected chi connectivity index (χ1v) is 10.8. The van der Waals surface area contributed by atoms with Crippen LogP contribution in [0, 0.1) is 6.92 Å². The van der Waals surface area contributed by atoms with Gasteiger partial charge in [0.05, 0.1) is 11.7 Å².